The van der Waals surface area contributed by atoms with Crippen LogP contribution in [0.15, 0.2) is 30.3 Å². The van der Waals surface area contributed by atoms with Gasteiger partial charge in [-0.3, -0.25) is 4.79 Å². The summed E-state index contributed by atoms with van der Waals surface area (Å²) in [6, 6.07) is 9.80. The number of hydrogen-bond acceptors (Lipinski definition) is 2. The van der Waals surface area contributed by atoms with Crippen molar-refractivity contribution in [2.45, 2.75) is 31.8 Å². The Hall–Kier alpha value is -1.35. The summed E-state index contributed by atoms with van der Waals surface area (Å²) >= 11 is 0. The highest BCUT2D eigenvalue weighted by Crippen LogP contribution is 2.30. The van der Waals surface area contributed by atoms with Crippen molar-refractivity contribution in [3.05, 3.63) is 35.9 Å². The van der Waals surface area contributed by atoms with Crippen LogP contribution >= 0.6 is 0 Å². The highest BCUT2D eigenvalue weighted by Gasteiger charge is 2.38. The van der Waals surface area contributed by atoms with Crippen LogP contribution in [0.25, 0.3) is 0 Å². The van der Waals surface area contributed by atoms with Crippen molar-refractivity contribution in [2.24, 2.45) is 11.7 Å². The number of carbonyl (C=O) groups excluding carboxylic acids is 1. The number of rotatable bonds is 3. The molecule has 0 heterocycles. The molecule has 86 valence electrons. The summed E-state index contributed by atoms with van der Waals surface area (Å²) in [6.45, 7) is 3.88. The summed E-state index contributed by atoms with van der Waals surface area (Å²) in [7, 11) is 0. The predicted molar refractivity (Wildman–Crippen MR) is 63.7 cm³/mol. The number of nitrogens with two attached hydrogens (primary N) is 1. The minimum atomic E-state index is -0.941. The zero-order valence-corrected chi connectivity index (χ0v) is 9.73. The zero-order valence-electron chi connectivity index (χ0n) is 9.73. The van der Waals surface area contributed by atoms with Gasteiger partial charge in [0, 0.05) is 6.04 Å². The molecule has 1 aromatic rings. The predicted octanol–water partition coefficient (Wildman–Crippen LogP) is 1.39. The molecule has 0 saturated heterocycles. The maximum atomic E-state index is 12.0. The Labute approximate surface area is 96.0 Å². The molecule has 0 bridgehead atoms. The van der Waals surface area contributed by atoms with E-state index in [2.05, 4.69) is 12.2 Å². The molecular weight excluding hydrogens is 200 g/mol. The van der Waals surface area contributed by atoms with Gasteiger partial charge in [-0.1, -0.05) is 37.3 Å². The van der Waals surface area contributed by atoms with Gasteiger partial charge >= 0.3 is 0 Å². The summed E-state index contributed by atoms with van der Waals surface area (Å²) in [5, 5.41) is 2.98. The first-order valence-electron chi connectivity index (χ1n) is 5.67. The van der Waals surface area contributed by atoms with Gasteiger partial charge in [0.1, 0.15) is 5.54 Å². The van der Waals surface area contributed by atoms with E-state index < -0.39 is 5.54 Å². The summed E-state index contributed by atoms with van der Waals surface area (Å²) in [4.78, 5) is 12.0. The van der Waals surface area contributed by atoms with E-state index >= 15 is 0 Å². The average molecular weight is 218 g/mol. The summed E-state index contributed by atoms with van der Waals surface area (Å²) < 4.78 is 0. The molecule has 1 aromatic carbocycles. The normalized spacial score (nSPS) is 26.9. The van der Waals surface area contributed by atoms with Crippen LogP contribution in [-0.2, 0) is 10.3 Å². The summed E-state index contributed by atoms with van der Waals surface area (Å²) in [5.41, 5.74) is 6.00. The van der Waals surface area contributed by atoms with E-state index in [0.29, 0.717) is 12.0 Å². The molecule has 1 saturated carbocycles. The van der Waals surface area contributed by atoms with Crippen LogP contribution in [-0.4, -0.2) is 11.9 Å². The van der Waals surface area contributed by atoms with Gasteiger partial charge in [0.2, 0.25) is 5.91 Å². The van der Waals surface area contributed by atoms with Crippen LogP contribution in [0.5, 0.6) is 0 Å². The van der Waals surface area contributed by atoms with Gasteiger partial charge in [0.15, 0.2) is 0 Å². The molecular formula is C13H18N2O. The van der Waals surface area contributed by atoms with Crippen LogP contribution in [0.3, 0.4) is 0 Å². The van der Waals surface area contributed by atoms with E-state index in [1.54, 1.807) is 6.92 Å². The third-order valence-corrected chi connectivity index (χ3v) is 3.27. The fourth-order valence-corrected chi connectivity index (χ4v) is 1.76. The van der Waals surface area contributed by atoms with E-state index in [9.17, 15) is 4.79 Å². The minimum Gasteiger partial charge on any atom is -0.351 e. The maximum Gasteiger partial charge on any atom is 0.244 e. The molecule has 0 spiro atoms. The van der Waals surface area contributed by atoms with Crippen molar-refractivity contribution in [1.82, 2.24) is 5.32 Å². The minimum absolute atomic E-state index is 0.0898. The molecule has 1 aliphatic carbocycles. The summed E-state index contributed by atoms with van der Waals surface area (Å²) in [5.74, 6) is 0.503. The van der Waals surface area contributed by atoms with Crippen LogP contribution in [0, 0.1) is 5.92 Å². The quantitative estimate of drug-likeness (QED) is 0.805. The average Bonchev–Trinajstić information content (AvgIpc) is 2.95. The Morgan fingerprint density at radius 3 is 2.50 bits per heavy atom. The fraction of sp³-hybridized carbons (Fsp3) is 0.462. The van der Waals surface area contributed by atoms with Gasteiger partial charge in [0.25, 0.3) is 0 Å². The standard InChI is InChI=1S/C13H18N2O/c1-9-8-11(9)15-12(16)13(2,14)10-6-4-3-5-7-10/h3-7,9,11H,8,14H2,1-2H3,(H,15,16). The largest absolute Gasteiger partial charge is 0.351 e. The van der Waals surface area contributed by atoms with Gasteiger partial charge in [-0.2, -0.15) is 0 Å². The van der Waals surface area contributed by atoms with Crippen molar-refractivity contribution in [1.29, 1.82) is 0 Å². The van der Waals surface area contributed by atoms with Crippen LogP contribution in [0.1, 0.15) is 25.8 Å². The lowest BCUT2D eigenvalue weighted by Crippen LogP contribution is -2.49. The molecule has 2 rings (SSSR count). The lowest BCUT2D eigenvalue weighted by molar-refractivity contribution is -0.126. The van der Waals surface area contributed by atoms with E-state index in [-0.39, 0.29) is 5.91 Å². The van der Waals surface area contributed by atoms with Crippen molar-refractivity contribution in [2.75, 3.05) is 0 Å². The lowest BCUT2D eigenvalue weighted by atomic mass is 9.92. The Balaban J connectivity index is 2.09. The Morgan fingerprint density at radius 2 is 2.00 bits per heavy atom. The van der Waals surface area contributed by atoms with E-state index in [4.69, 9.17) is 5.73 Å². The molecule has 3 N–H and O–H groups in total. The van der Waals surface area contributed by atoms with Gasteiger partial charge in [-0.05, 0) is 24.8 Å². The van der Waals surface area contributed by atoms with Crippen molar-refractivity contribution < 1.29 is 4.79 Å². The first-order valence-corrected chi connectivity index (χ1v) is 5.67. The van der Waals surface area contributed by atoms with Gasteiger partial charge in [-0.15, -0.1) is 0 Å². The number of nitrogens with one attached hydrogen (secondary N) is 1. The van der Waals surface area contributed by atoms with E-state index in [0.717, 1.165) is 12.0 Å². The SMILES string of the molecule is CC1CC1NC(=O)C(C)(N)c1ccccc1. The van der Waals surface area contributed by atoms with E-state index in [1.807, 2.05) is 30.3 Å². The second kappa shape index (κ2) is 3.91. The molecule has 1 fully saturated rings. The van der Waals surface area contributed by atoms with Crippen LogP contribution < -0.4 is 11.1 Å². The van der Waals surface area contributed by atoms with E-state index in [1.165, 1.54) is 0 Å². The van der Waals surface area contributed by atoms with Crippen molar-refractivity contribution in [3.8, 4) is 0 Å². The highest BCUT2D eigenvalue weighted by atomic mass is 16.2. The third kappa shape index (κ3) is 2.09. The summed E-state index contributed by atoms with van der Waals surface area (Å²) in [6.07, 6.45) is 1.07. The maximum absolute atomic E-state index is 12.0. The fourth-order valence-electron chi connectivity index (χ4n) is 1.76. The Morgan fingerprint density at radius 1 is 1.44 bits per heavy atom. The van der Waals surface area contributed by atoms with Crippen molar-refractivity contribution in [3.63, 3.8) is 0 Å². The lowest BCUT2D eigenvalue weighted by Gasteiger charge is -2.24. The molecule has 1 amide bonds. The third-order valence-electron chi connectivity index (χ3n) is 3.27. The highest BCUT2D eigenvalue weighted by molar-refractivity contribution is 5.87. The second-order valence-electron chi connectivity index (χ2n) is 4.86. The smallest absolute Gasteiger partial charge is 0.244 e. The topological polar surface area (TPSA) is 55.1 Å². The molecule has 0 radical (unpaired) electrons. The Bertz CT molecular complexity index is 386. The first-order chi connectivity index (χ1) is 7.51. The van der Waals surface area contributed by atoms with Crippen LogP contribution in [0.2, 0.25) is 0 Å². The molecule has 1 aliphatic rings. The zero-order chi connectivity index (χ0) is 11.8. The monoisotopic (exact) mass is 218 g/mol. The Kier molecular flexibility index (Phi) is 2.72. The second-order valence-corrected chi connectivity index (χ2v) is 4.86. The van der Waals surface area contributed by atoms with Gasteiger partial charge in [0.05, 0.1) is 0 Å². The van der Waals surface area contributed by atoms with Gasteiger partial charge < -0.3 is 11.1 Å². The first kappa shape index (κ1) is 11.1. The molecule has 3 nitrogen and oxygen atoms in total. The molecule has 3 atom stereocenters. The number of amides is 1. The van der Waals surface area contributed by atoms with Crippen LogP contribution in [0.4, 0.5) is 0 Å². The number of carbonyl (C=O) groups is 1. The molecule has 3 heteroatoms. The molecule has 0 aromatic heterocycles. The molecule has 3 unspecified atom stereocenters. The molecule has 0 aliphatic heterocycles. The number of benzene rings is 1. The van der Waals surface area contributed by atoms with Crippen molar-refractivity contribution >= 4 is 5.91 Å². The van der Waals surface area contributed by atoms with Gasteiger partial charge in [-0.25, -0.2) is 0 Å². The molecule has 16 heavy (non-hydrogen) atoms. The number of hydrogen-bond donors (Lipinski definition) is 2.